The SMILES string of the molecule is CSc1nn(-c2ccccc2)c(N)c1C(=O)Nc1ccc(C)cc1. The first-order chi connectivity index (χ1) is 11.6. The van der Waals surface area contributed by atoms with Crippen molar-refractivity contribution >= 4 is 29.2 Å². The average Bonchev–Trinajstić information content (AvgIpc) is 2.94. The van der Waals surface area contributed by atoms with Gasteiger partial charge in [-0.1, -0.05) is 35.9 Å². The molecule has 3 N–H and O–H groups in total. The Morgan fingerprint density at radius 2 is 1.79 bits per heavy atom. The Morgan fingerprint density at radius 3 is 2.42 bits per heavy atom. The number of nitrogens with two attached hydrogens (primary N) is 1. The third-order valence-corrected chi connectivity index (χ3v) is 4.29. The van der Waals surface area contributed by atoms with Crippen molar-refractivity contribution in [1.29, 1.82) is 0 Å². The van der Waals surface area contributed by atoms with Crippen LogP contribution in [-0.2, 0) is 0 Å². The average molecular weight is 338 g/mol. The zero-order valence-corrected chi connectivity index (χ0v) is 14.3. The van der Waals surface area contributed by atoms with Crippen LogP contribution >= 0.6 is 11.8 Å². The number of benzene rings is 2. The lowest BCUT2D eigenvalue weighted by Gasteiger charge is -2.07. The predicted octanol–water partition coefficient (Wildman–Crippen LogP) is 3.74. The lowest BCUT2D eigenvalue weighted by Crippen LogP contribution is -2.14. The van der Waals surface area contributed by atoms with Crippen molar-refractivity contribution < 1.29 is 4.79 Å². The molecular weight excluding hydrogens is 320 g/mol. The van der Waals surface area contributed by atoms with Gasteiger partial charge in [-0.2, -0.15) is 5.10 Å². The van der Waals surface area contributed by atoms with Crippen LogP contribution in [0, 0.1) is 6.92 Å². The van der Waals surface area contributed by atoms with Crippen molar-refractivity contribution in [3.8, 4) is 5.69 Å². The minimum Gasteiger partial charge on any atom is -0.383 e. The number of aryl methyl sites for hydroxylation is 1. The van der Waals surface area contributed by atoms with Gasteiger partial charge in [-0.3, -0.25) is 4.79 Å². The Hall–Kier alpha value is -2.73. The number of amides is 1. The van der Waals surface area contributed by atoms with E-state index in [4.69, 9.17) is 5.73 Å². The molecule has 0 radical (unpaired) electrons. The van der Waals surface area contributed by atoms with E-state index in [9.17, 15) is 4.79 Å². The number of nitrogens with one attached hydrogen (secondary N) is 1. The standard InChI is InChI=1S/C18H18N4OS/c1-12-8-10-13(11-9-12)20-17(23)15-16(19)22(21-18(15)24-2)14-6-4-3-5-7-14/h3-11H,19H2,1-2H3,(H,20,23). The van der Waals surface area contributed by atoms with Crippen molar-refractivity contribution in [3.63, 3.8) is 0 Å². The number of rotatable bonds is 4. The Balaban J connectivity index is 1.96. The molecule has 0 unspecified atom stereocenters. The number of aromatic nitrogens is 2. The maximum absolute atomic E-state index is 12.7. The molecular formula is C18H18N4OS. The summed E-state index contributed by atoms with van der Waals surface area (Å²) >= 11 is 1.39. The fraction of sp³-hybridized carbons (Fsp3) is 0.111. The highest BCUT2D eigenvalue weighted by Gasteiger charge is 2.22. The summed E-state index contributed by atoms with van der Waals surface area (Å²) in [5.74, 6) is 0.0676. The Bertz CT molecular complexity index is 857. The molecule has 1 heterocycles. The van der Waals surface area contributed by atoms with Crippen molar-refractivity contribution in [2.75, 3.05) is 17.3 Å². The van der Waals surface area contributed by atoms with Crippen LogP contribution in [0.15, 0.2) is 59.6 Å². The molecule has 3 aromatic rings. The number of thioether (sulfide) groups is 1. The molecule has 24 heavy (non-hydrogen) atoms. The summed E-state index contributed by atoms with van der Waals surface area (Å²) in [6, 6.07) is 17.1. The lowest BCUT2D eigenvalue weighted by atomic mass is 10.2. The molecule has 122 valence electrons. The first-order valence-electron chi connectivity index (χ1n) is 7.46. The second kappa shape index (κ2) is 6.80. The van der Waals surface area contributed by atoms with Crippen molar-refractivity contribution in [2.45, 2.75) is 11.9 Å². The van der Waals surface area contributed by atoms with Gasteiger partial charge in [-0.15, -0.1) is 11.8 Å². The highest BCUT2D eigenvalue weighted by Crippen LogP contribution is 2.28. The van der Waals surface area contributed by atoms with Gasteiger partial charge in [-0.05, 0) is 37.4 Å². The largest absolute Gasteiger partial charge is 0.383 e. The normalized spacial score (nSPS) is 10.6. The molecule has 0 aliphatic rings. The quantitative estimate of drug-likeness (QED) is 0.711. The van der Waals surface area contributed by atoms with Gasteiger partial charge in [0.05, 0.1) is 5.69 Å². The van der Waals surface area contributed by atoms with Crippen LogP contribution in [-0.4, -0.2) is 21.9 Å². The van der Waals surface area contributed by atoms with Crippen LogP contribution < -0.4 is 11.1 Å². The van der Waals surface area contributed by atoms with Gasteiger partial charge < -0.3 is 11.1 Å². The van der Waals surface area contributed by atoms with Crippen LogP contribution in [0.4, 0.5) is 11.5 Å². The van der Waals surface area contributed by atoms with E-state index in [2.05, 4.69) is 10.4 Å². The Labute approximate surface area is 144 Å². The van der Waals surface area contributed by atoms with Gasteiger partial charge in [0.1, 0.15) is 16.4 Å². The summed E-state index contributed by atoms with van der Waals surface area (Å²) in [7, 11) is 0. The van der Waals surface area contributed by atoms with Crippen molar-refractivity contribution in [3.05, 3.63) is 65.7 Å². The second-order valence-corrected chi connectivity index (χ2v) is 6.13. The van der Waals surface area contributed by atoms with Crippen LogP contribution in [0.1, 0.15) is 15.9 Å². The lowest BCUT2D eigenvalue weighted by molar-refractivity contribution is 0.102. The maximum Gasteiger partial charge on any atom is 0.262 e. The number of hydrogen-bond donors (Lipinski definition) is 2. The number of nitrogens with zero attached hydrogens (tertiary/aromatic N) is 2. The van der Waals surface area contributed by atoms with Crippen LogP contribution in [0.2, 0.25) is 0 Å². The fourth-order valence-electron chi connectivity index (χ4n) is 2.36. The number of carbonyl (C=O) groups excluding carboxylic acids is 1. The van der Waals surface area contributed by atoms with E-state index in [0.29, 0.717) is 16.4 Å². The van der Waals surface area contributed by atoms with Gasteiger partial charge in [0.25, 0.3) is 5.91 Å². The summed E-state index contributed by atoms with van der Waals surface area (Å²) < 4.78 is 1.59. The molecule has 5 nitrogen and oxygen atoms in total. The van der Waals surface area contributed by atoms with E-state index in [1.165, 1.54) is 11.8 Å². The molecule has 3 rings (SSSR count). The molecule has 6 heteroatoms. The first kappa shape index (κ1) is 16.1. The Morgan fingerprint density at radius 1 is 1.12 bits per heavy atom. The van der Waals surface area contributed by atoms with Gasteiger partial charge >= 0.3 is 0 Å². The summed E-state index contributed by atoms with van der Waals surface area (Å²) in [6.45, 7) is 2.00. The summed E-state index contributed by atoms with van der Waals surface area (Å²) in [5, 5.41) is 7.95. The number of carbonyl (C=O) groups is 1. The van der Waals surface area contributed by atoms with E-state index < -0.39 is 0 Å². The summed E-state index contributed by atoms with van der Waals surface area (Å²) in [4.78, 5) is 12.7. The molecule has 0 fully saturated rings. The third kappa shape index (κ3) is 3.14. The highest BCUT2D eigenvalue weighted by molar-refractivity contribution is 7.98. The van der Waals surface area contributed by atoms with Crippen molar-refractivity contribution in [2.24, 2.45) is 0 Å². The maximum atomic E-state index is 12.7. The summed E-state index contributed by atoms with van der Waals surface area (Å²) in [6.07, 6.45) is 1.87. The number of para-hydroxylation sites is 1. The minimum absolute atomic E-state index is 0.261. The zero-order chi connectivity index (χ0) is 17.1. The predicted molar refractivity (Wildman–Crippen MR) is 98.9 cm³/mol. The fourth-order valence-corrected chi connectivity index (χ4v) is 2.93. The van der Waals surface area contributed by atoms with Crippen molar-refractivity contribution in [1.82, 2.24) is 9.78 Å². The molecule has 0 spiro atoms. The molecule has 0 atom stereocenters. The monoisotopic (exact) mass is 338 g/mol. The van der Waals surface area contributed by atoms with E-state index in [1.807, 2.05) is 67.8 Å². The first-order valence-corrected chi connectivity index (χ1v) is 8.68. The van der Waals surface area contributed by atoms with Gasteiger partial charge in [0.2, 0.25) is 0 Å². The number of nitrogen functional groups attached to an aromatic ring is 1. The van der Waals surface area contributed by atoms with E-state index in [-0.39, 0.29) is 5.91 Å². The minimum atomic E-state index is -0.261. The zero-order valence-electron chi connectivity index (χ0n) is 13.5. The third-order valence-electron chi connectivity index (χ3n) is 3.62. The molecule has 0 saturated carbocycles. The molecule has 0 aliphatic carbocycles. The van der Waals surface area contributed by atoms with Crippen LogP contribution in [0.5, 0.6) is 0 Å². The molecule has 2 aromatic carbocycles. The van der Waals surface area contributed by atoms with E-state index in [1.54, 1.807) is 4.68 Å². The number of anilines is 2. The molecule has 0 aliphatic heterocycles. The molecule has 1 aromatic heterocycles. The second-order valence-electron chi connectivity index (χ2n) is 5.34. The van der Waals surface area contributed by atoms with E-state index in [0.717, 1.165) is 16.9 Å². The molecule has 1 amide bonds. The van der Waals surface area contributed by atoms with Gasteiger partial charge in [0, 0.05) is 5.69 Å². The molecule has 0 saturated heterocycles. The van der Waals surface area contributed by atoms with Crippen LogP contribution in [0.25, 0.3) is 5.69 Å². The topological polar surface area (TPSA) is 72.9 Å². The smallest absolute Gasteiger partial charge is 0.262 e. The van der Waals surface area contributed by atoms with Crippen LogP contribution in [0.3, 0.4) is 0 Å². The van der Waals surface area contributed by atoms with Gasteiger partial charge in [0.15, 0.2) is 0 Å². The van der Waals surface area contributed by atoms with E-state index >= 15 is 0 Å². The number of hydrogen-bond acceptors (Lipinski definition) is 4. The van der Waals surface area contributed by atoms with Gasteiger partial charge in [-0.25, -0.2) is 4.68 Å². The highest BCUT2D eigenvalue weighted by atomic mass is 32.2. The summed E-state index contributed by atoms with van der Waals surface area (Å²) in [5.41, 5.74) is 9.29. The molecule has 0 bridgehead atoms. The Kier molecular flexibility index (Phi) is 4.57.